The summed E-state index contributed by atoms with van der Waals surface area (Å²) < 4.78 is 2.02. The highest BCUT2D eigenvalue weighted by molar-refractivity contribution is 5.89. The van der Waals surface area contributed by atoms with E-state index in [-0.39, 0.29) is 17.7 Å². The van der Waals surface area contributed by atoms with Crippen LogP contribution in [0.3, 0.4) is 0 Å². The Morgan fingerprint density at radius 3 is 2.93 bits per heavy atom. The van der Waals surface area contributed by atoms with Crippen molar-refractivity contribution in [2.45, 2.75) is 46.0 Å². The van der Waals surface area contributed by atoms with Crippen molar-refractivity contribution in [1.29, 1.82) is 0 Å². The van der Waals surface area contributed by atoms with E-state index in [1.807, 2.05) is 33.7 Å². The summed E-state index contributed by atoms with van der Waals surface area (Å²) in [6.45, 7) is 6.13. The van der Waals surface area contributed by atoms with E-state index in [0.717, 1.165) is 43.7 Å². The minimum absolute atomic E-state index is 0.0121. The van der Waals surface area contributed by atoms with Crippen molar-refractivity contribution in [2.75, 3.05) is 19.6 Å². The number of nitrogens with zero attached hydrogens (tertiary/aromatic N) is 4. The molecule has 1 N–H and O–H groups in total. The lowest BCUT2D eigenvalue weighted by Gasteiger charge is -2.18. The number of fused-ring (bicyclic) bond motifs is 1. The quantitative estimate of drug-likeness (QED) is 0.684. The molecule has 0 aliphatic carbocycles. The van der Waals surface area contributed by atoms with Gasteiger partial charge in [0.25, 0.3) is 0 Å². The van der Waals surface area contributed by atoms with Crippen molar-refractivity contribution >= 4 is 17.5 Å². The zero-order chi connectivity index (χ0) is 19.2. The first kappa shape index (κ1) is 19.3. The summed E-state index contributed by atoms with van der Waals surface area (Å²) in [6, 6.07) is 5.88. The Morgan fingerprint density at radius 2 is 2.11 bits per heavy atom. The Morgan fingerprint density at radius 1 is 1.26 bits per heavy atom. The summed E-state index contributed by atoms with van der Waals surface area (Å²) in [4.78, 5) is 26.1. The van der Waals surface area contributed by atoms with Crippen molar-refractivity contribution in [2.24, 2.45) is 11.8 Å². The molecule has 27 heavy (non-hydrogen) atoms. The Bertz CT molecular complexity index is 786. The lowest BCUT2D eigenvalue weighted by atomic mass is 10.1. The number of carbonyl (C=O) groups excluding carboxylic acids is 2. The molecule has 1 aliphatic rings. The van der Waals surface area contributed by atoms with Crippen molar-refractivity contribution in [1.82, 2.24) is 24.8 Å². The van der Waals surface area contributed by atoms with Gasteiger partial charge < -0.3 is 10.2 Å². The molecule has 0 bridgehead atoms. The molecule has 1 saturated heterocycles. The van der Waals surface area contributed by atoms with E-state index in [1.54, 1.807) is 0 Å². The number of likely N-dealkylation sites (tertiary alicyclic amines) is 1. The maximum absolute atomic E-state index is 12.3. The normalized spacial score (nSPS) is 17.2. The van der Waals surface area contributed by atoms with E-state index in [9.17, 15) is 9.59 Å². The number of aryl methyl sites for hydroxylation is 1. The Labute approximate surface area is 160 Å². The number of carbonyl (C=O) groups is 2. The molecule has 0 unspecified atom stereocenters. The Hall–Kier alpha value is -2.44. The molecule has 0 spiro atoms. The molecular formula is C20H29N5O2. The van der Waals surface area contributed by atoms with Crippen LogP contribution in [0.5, 0.6) is 0 Å². The van der Waals surface area contributed by atoms with Gasteiger partial charge in [0.15, 0.2) is 5.65 Å². The SMILES string of the molecule is CC(C)CN1C[C@H](C(=O)NCCCCCc2nnc3ccccn23)CC1=O. The van der Waals surface area contributed by atoms with Crippen LogP contribution < -0.4 is 5.32 Å². The maximum atomic E-state index is 12.3. The van der Waals surface area contributed by atoms with E-state index in [2.05, 4.69) is 29.4 Å². The van der Waals surface area contributed by atoms with Gasteiger partial charge in [-0.3, -0.25) is 14.0 Å². The summed E-state index contributed by atoms with van der Waals surface area (Å²) in [5.74, 6) is 1.32. The van der Waals surface area contributed by atoms with Crippen LogP contribution in [-0.4, -0.2) is 50.9 Å². The van der Waals surface area contributed by atoms with Crippen LogP contribution in [-0.2, 0) is 16.0 Å². The predicted octanol–water partition coefficient (Wildman–Crippen LogP) is 2.06. The lowest BCUT2D eigenvalue weighted by Crippen LogP contribution is -2.34. The molecule has 146 valence electrons. The van der Waals surface area contributed by atoms with Gasteiger partial charge in [-0.1, -0.05) is 26.3 Å². The largest absolute Gasteiger partial charge is 0.356 e. The van der Waals surface area contributed by atoms with Crippen molar-refractivity contribution in [3.8, 4) is 0 Å². The third-order valence-electron chi connectivity index (χ3n) is 4.93. The van der Waals surface area contributed by atoms with Gasteiger partial charge in [-0.05, 0) is 30.9 Å². The van der Waals surface area contributed by atoms with E-state index >= 15 is 0 Å². The molecule has 3 rings (SSSR count). The van der Waals surface area contributed by atoms with Gasteiger partial charge in [0.2, 0.25) is 11.8 Å². The van der Waals surface area contributed by atoms with Crippen LogP contribution in [0, 0.1) is 11.8 Å². The standard InChI is InChI=1S/C20H29N5O2/c1-15(2)13-24-14-16(12-19(24)26)20(27)21-10-6-3-4-8-17-22-23-18-9-5-7-11-25(17)18/h5,7,9,11,15-16H,3-4,6,8,10,12-14H2,1-2H3,(H,21,27)/t16-/m1/s1. The van der Waals surface area contributed by atoms with Crippen LogP contribution in [0.25, 0.3) is 5.65 Å². The van der Waals surface area contributed by atoms with Gasteiger partial charge in [0.05, 0.1) is 5.92 Å². The minimum atomic E-state index is -0.196. The van der Waals surface area contributed by atoms with Crippen LogP contribution in [0.1, 0.15) is 45.4 Å². The van der Waals surface area contributed by atoms with Gasteiger partial charge in [0.1, 0.15) is 5.82 Å². The number of amides is 2. The molecule has 0 aromatic carbocycles. The number of rotatable bonds is 9. The van der Waals surface area contributed by atoms with E-state index in [0.29, 0.717) is 25.4 Å². The van der Waals surface area contributed by atoms with E-state index in [4.69, 9.17) is 0 Å². The zero-order valence-electron chi connectivity index (χ0n) is 16.2. The zero-order valence-corrected chi connectivity index (χ0v) is 16.2. The number of aromatic nitrogens is 3. The van der Waals surface area contributed by atoms with Gasteiger partial charge >= 0.3 is 0 Å². The number of unbranched alkanes of at least 4 members (excludes halogenated alkanes) is 2. The smallest absolute Gasteiger partial charge is 0.225 e. The van der Waals surface area contributed by atoms with Gasteiger partial charge in [0, 0.05) is 38.7 Å². The third kappa shape index (κ3) is 5.05. The summed E-state index contributed by atoms with van der Waals surface area (Å²) in [7, 11) is 0. The first-order valence-corrected chi connectivity index (χ1v) is 9.88. The average molecular weight is 371 g/mol. The fourth-order valence-electron chi connectivity index (χ4n) is 3.57. The fourth-order valence-corrected chi connectivity index (χ4v) is 3.57. The molecule has 2 aromatic heterocycles. The second kappa shape index (κ2) is 8.97. The second-order valence-corrected chi connectivity index (χ2v) is 7.74. The van der Waals surface area contributed by atoms with Gasteiger partial charge in [-0.15, -0.1) is 10.2 Å². The maximum Gasteiger partial charge on any atom is 0.225 e. The van der Waals surface area contributed by atoms with E-state index in [1.165, 1.54) is 0 Å². The fraction of sp³-hybridized carbons (Fsp3) is 0.600. The second-order valence-electron chi connectivity index (χ2n) is 7.74. The molecule has 7 heteroatoms. The van der Waals surface area contributed by atoms with E-state index < -0.39 is 0 Å². The molecule has 2 amide bonds. The molecule has 2 aromatic rings. The summed E-state index contributed by atoms with van der Waals surface area (Å²) in [6.07, 6.45) is 6.16. The highest BCUT2D eigenvalue weighted by Gasteiger charge is 2.34. The first-order chi connectivity index (χ1) is 13.0. The van der Waals surface area contributed by atoms with Gasteiger partial charge in [-0.2, -0.15) is 0 Å². The molecule has 0 radical (unpaired) electrons. The summed E-state index contributed by atoms with van der Waals surface area (Å²) in [5.41, 5.74) is 0.873. The lowest BCUT2D eigenvalue weighted by molar-refractivity contribution is -0.129. The molecule has 3 heterocycles. The van der Waals surface area contributed by atoms with Crippen LogP contribution in [0.4, 0.5) is 0 Å². The van der Waals surface area contributed by atoms with Crippen LogP contribution in [0.15, 0.2) is 24.4 Å². The van der Waals surface area contributed by atoms with Crippen molar-refractivity contribution in [3.63, 3.8) is 0 Å². The third-order valence-corrected chi connectivity index (χ3v) is 4.93. The molecular weight excluding hydrogens is 342 g/mol. The predicted molar refractivity (Wildman–Crippen MR) is 103 cm³/mol. The van der Waals surface area contributed by atoms with Crippen molar-refractivity contribution in [3.05, 3.63) is 30.2 Å². The first-order valence-electron chi connectivity index (χ1n) is 9.88. The molecule has 1 fully saturated rings. The minimum Gasteiger partial charge on any atom is -0.356 e. The van der Waals surface area contributed by atoms with Crippen LogP contribution in [0.2, 0.25) is 0 Å². The van der Waals surface area contributed by atoms with Gasteiger partial charge in [-0.25, -0.2) is 0 Å². The summed E-state index contributed by atoms with van der Waals surface area (Å²) >= 11 is 0. The number of nitrogens with one attached hydrogen (secondary N) is 1. The Kier molecular flexibility index (Phi) is 6.42. The topological polar surface area (TPSA) is 79.6 Å². The monoisotopic (exact) mass is 371 g/mol. The highest BCUT2D eigenvalue weighted by atomic mass is 16.2. The number of pyridine rings is 1. The molecule has 0 saturated carbocycles. The summed E-state index contributed by atoms with van der Waals surface area (Å²) in [5, 5.41) is 11.4. The highest BCUT2D eigenvalue weighted by Crippen LogP contribution is 2.19. The van der Waals surface area contributed by atoms with Crippen molar-refractivity contribution < 1.29 is 9.59 Å². The average Bonchev–Trinajstić information content (AvgIpc) is 3.21. The molecule has 1 aliphatic heterocycles. The number of hydrogen-bond donors (Lipinski definition) is 1. The Balaban J connectivity index is 1.32. The van der Waals surface area contributed by atoms with Crippen LogP contribution >= 0.6 is 0 Å². The molecule has 7 nitrogen and oxygen atoms in total. The number of hydrogen-bond acceptors (Lipinski definition) is 4. The molecule has 1 atom stereocenters.